The minimum absolute atomic E-state index is 0.0506. The number of hydrogen-bond acceptors (Lipinski definition) is 6. The third kappa shape index (κ3) is 9.97. The normalized spacial score (nSPS) is 18.9. The molecule has 0 radical (unpaired) electrons. The molecule has 0 aliphatic carbocycles. The molecule has 5 amide bonds. The smallest absolute Gasteiger partial charge is 0.316 e. The van der Waals surface area contributed by atoms with E-state index in [4.69, 9.17) is 0 Å². The molecule has 0 aromatic heterocycles. The molecule has 0 spiro atoms. The molecule has 0 saturated carbocycles. The summed E-state index contributed by atoms with van der Waals surface area (Å²) in [5, 5.41) is 10.4. The van der Waals surface area contributed by atoms with Gasteiger partial charge in [-0.3, -0.25) is 24.0 Å². The van der Waals surface area contributed by atoms with Crippen LogP contribution >= 0.6 is 0 Å². The second-order valence-corrected chi connectivity index (χ2v) is 13.6. The second kappa shape index (κ2) is 14.6. The minimum Gasteiger partial charge on any atom is -0.347 e. The maximum Gasteiger partial charge on any atom is 0.316 e. The largest absolute Gasteiger partial charge is 0.347 e. The Labute approximate surface area is 245 Å². The van der Waals surface area contributed by atoms with E-state index in [2.05, 4.69) is 27.8 Å². The molecular weight excluding hydrogens is 526 g/mol. The Morgan fingerprint density at radius 3 is 1.98 bits per heavy atom. The summed E-state index contributed by atoms with van der Waals surface area (Å²) in [6, 6.07) is -3.28. The Morgan fingerprint density at radius 1 is 0.927 bits per heavy atom. The summed E-state index contributed by atoms with van der Waals surface area (Å²) in [5.74, 6) is -3.05. The Morgan fingerprint density at radius 2 is 1.51 bits per heavy atom. The van der Waals surface area contributed by atoms with Gasteiger partial charge in [-0.1, -0.05) is 75.3 Å². The lowest BCUT2D eigenvalue weighted by Gasteiger charge is -2.37. The van der Waals surface area contributed by atoms with Crippen molar-refractivity contribution >= 4 is 35.3 Å². The van der Waals surface area contributed by atoms with Crippen LogP contribution in [0.1, 0.15) is 75.7 Å². The van der Waals surface area contributed by atoms with E-state index in [1.54, 1.807) is 20.8 Å². The van der Waals surface area contributed by atoms with Gasteiger partial charge in [0.2, 0.25) is 17.6 Å². The van der Waals surface area contributed by atoms with Gasteiger partial charge in [-0.05, 0) is 29.6 Å². The molecule has 1 saturated heterocycles. The van der Waals surface area contributed by atoms with E-state index in [1.165, 1.54) is 11.0 Å². The number of rotatable bonds is 12. The zero-order chi connectivity index (χ0) is 31.9. The first-order valence-electron chi connectivity index (χ1n) is 14.3. The van der Waals surface area contributed by atoms with Gasteiger partial charge in [0.15, 0.2) is 5.78 Å². The van der Waals surface area contributed by atoms with Crippen molar-refractivity contribution in [3.8, 4) is 0 Å². The quantitative estimate of drug-likeness (QED) is 0.206. The highest BCUT2D eigenvalue weighted by molar-refractivity contribution is 6.37. The molecular formula is C30H51N5O6. The number of ketones is 2. The van der Waals surface area contributed by atoms with Gasteiger partial charge in [-0.2, -0.15) is 0 Å². The van der Waals surface area contributed by atoms with Crippen LogP contribution in [-0.4, -0.2) is 78.0 Å². The maximum atomic E-state index is 14.0. The molecule has 0 aromatic rings. The SMILES string of the molecule is C=CCNC(=O)C(=O)CNC(=O)[C@@H]1[C@@H](C(C)C)CCN1C(=O)[C@@H](NC(=O)N[C@H](C(=O)C(C)(C)C)C(C)C)C(C)(C)C. The molecule has 0 aromatic carbocycles. The lowest BCUT2D eigenvalue weighted by molar-refractivity contribution is -0.143. The van der Waals surface area contributed by atoms with Crippen molar-refractivity contribution in [3.05, 3.63) is 12.7 Å². The van der Waals surface area contributed by atoms with Crippen molar-refractivity contribution in [2.75, 3.05) is 19.6 Å². The fourth-order valence-corrected chi connectivity index (χ4v) is 4.84. The molecule has 4 N–H and O–H groups in total. The van der Waals surface area contributed by atoms with E-state index in [0.29, 0.717) is 13.0 Å². The van der Waals surface area contributed by atoms with E-state index in [1.807, 2.05) is 48.5 Å². The Bertz CT molecular complexity index is 1010. The summed E-state index contributed by atoms with van der Waals surface area (Å²) in [6.07, 6.45) is 2.00. The molecule has 0 bridgehead atoms. The standard InChI is InChI=1S/C30H51N5O6/c1-12-14-31-25(38)20(36)16-32-26(39)22-19(17(2)3)13-15-35(22)27(40)23(29(6,7)8)34-28(41)33-21(18(4)5)24(37)30(9,10)11/h12,17-19,21-23H,1,13-16H2,2-11H3,(H,31,38)(H,32,39)(H2,33,34,41)/t19-,21+,22+,23-/m1/s1. The van der Waals surface area contributed by atoms with Crippen LogP contribution in [-0.2, 0) is 24.0 Å². The summed E-state index contributed by atoms with van der Waals surface area (Å²) in [4.78, 5) is 79.0. The lowest BCUT2D eigenvalue weighted by atomic mass is 9.82. The summed E-state index contributed by atoms with van der Waals surface area (Å²) < 4.78 is 0. The van der Waals surface area contributed by atoms with E-state index < -0.39 is 65.0 Å². The van der Waals surface area contributed by atoms with Crippen LogP contribution in [0.2, 0.25) is 0 Å². The lowest BCUT2D eigenvalue weighted by Crippen LogP contribution is -2.61. The van der Waals surface area contributed by atoms with Crippen molar-refractivity contribution in [2.45, 2.75) is 93.8 Å². The molecule has 41 heavy (non-hydrogen) atoms. The van der Waals surface area contributed by atoms with E-state index in [0.717, 1.165) is 0 Å². The molecule has 232 valence electrons. The van der Waals surface area contributed by atoms with Crippen LogP contribution in [0.4, 0.5) is 4.79 Å². The first-order chi connectivity index (χ1) is 18.7. The van der Waals surface area contributed by atoms with E-state index >= 15 is 0 Å². The van der Waals surface area contributed by atoms with Crippen LogP contribution in [0.3, 0.4) is 0 Å². The number of carbonyl (C=O) groups is 6. The number of Topliss-reactive ketones (excluding diaryl/α,β-unsaturated/α-hetero) is 2. The molecule has 11 heteroatoms. The highest BCUT2D eigenvalue weighted by atomic mass is 16.2. The molecule has 11 nitrogen and oxygen atoms in total. The zero-order valence-electron chi connectivity index (χ0n) is 26.5. The van der Waals surface area contributed by atoms with Gasteiger partial charge in [0, 0.05) is 18.5 Å². The third-order valence-corrected chi connectivity index (χ3v) is 7.30. The summed E-state index contributed by atoms with van der Waals surface area (Å²) in [7, 11) is 0. The van der Waals surface area contributed by atoms with E-state index in [-0.39, 0.29) is 30.1 Å². The number of nitrogens with zero attached hydrogens (tertiary/aromatic N) is 1. The molecule has 1 rings (SSSR count). The maximum absolute atomic E-state index is 14.0. The van der Waals surface area contributed by atoms with Crippen molar-refractivity contribution < 1.29 is 28.8 Å². The fraction of sp³-hybridized carbons (Fsp3) is 0.733. The predicted molar refractivity (Wildman–Crippen MR) is 158 cm³/mol. The van der Waals surface area contributed by atoms with Crippen molar-refractivity contribution in [1.29, 1.82) is 0 Å². The van der Waals surface area contributed by atoms with Crippen LogP contribution in [0.15, 0.2) is 12.7 Å². The first-order valence-corrected chi connectivity index (χ1v) is 14.3. The van der Waals surface area contributed by atoms with Crippen molar-refractivity contribution in [1.82, 2.24) is 26.2 Å². The van der Waals surface area contributed by atoms with Crippen LogP contribution in [0, 0.1) is 28.6 Å². The molecule has 1 aliphatic rings. The summed E-state index contributed by atoms with van der Waals surface area (Å²) in [6.45, 7) is 21.8. The summed E-state index contributed by atoms with van der Waals surface area (Å²) >= 11 is 0. The number of likely N-dealkylation sites (tertiary alicyclic amines) is 1. The molecule has 1 fully saturated rings. The highest BCUT2D eigenvalue weighted by Gasteiger charge is 2.47. The van der Waals surface area contributed by atoms with Crippen molar-refractivity contribution in [3.63, 3.8) is 0 Å². The highest BCUT2D eigenvalue weighted by Crippen LogP contribution is 2.33. The van der Waals surface area contributed by atoms with E-state index in [9.17, 15) is 28.8 Å². The first kappa shape index (κ1) is 35.8. The number of carbonyl (C=O) groups excluding carboxylic acids is 6. The number of amides is 5. The number of nitrogens with one attached hydrogen (secondary N) is 4. The van der Waals surface area contributed by atoms with Gasteiger partial charge in [-0.15, -0.1) is 6.58 Å². The Balaban J connectivity index is 3.18. The minimum atomic E-state index is -1.01. The molecule has 0 unspecified atom stereocenters. The molecule has 1 heterocycles. The third-order valence-electron chi connectivity index (χ3n) is 7.30. The topological polar surface area (TPSA) is 154 Å². The predicted octanol–water partition coefficient (Wildman–Crippen LogP) is 2.20. The number of hydrogen-bond donors (Lipinski definition) is 4. The van der Waals surface area contributed by atoms with Gasteiger partial charge >= 0.3 is 6.03 Å². The van der Waals surface area contributed by atoms with Crippen LogP contribution in [0.25, 0.3) is 0 Å². The van der Waals surface area contributed by atoms with Gasteiger partial charge in [0.1, 0.15) is 12.1 Å². The van der Waals surface area contributed by atoms with Gasteiger partial charge in [-0.25, -0.2) is 4.79 Å². The molecule has 4 atom stereocenters. The van der Waals surface area contributed by atoms with Crippen LogP contribution < -0.4 is 21.3 Å². The van der Waals surface area contributed by atoms with Gasteiger partial charge in [0.25, 0.3) is 5.91 Å². The number of urea groups is 1. The van der Waals surface area contributed by atoms with Crippen molar-refractivity contribution in [2.24, 2.45) is 28.6 Å². The average Bonchev–Trinajstić information content (AvgIpc) is 3.31. The fourth-order valence-electron chi connectivity index (χ4n) is 4.84. The summed E-state index contributed by atoms with van der Waals surface area (Å²) in [5.41, 5.74) is -1.40. The average molecular weight is 578 g/mol. The van der Waals surface area contributed by atoms with Gasteiger partial charge < -0.3 is 26.2 Å². The molecule has 1 aliphatic heterocycles. The Hall–Kier alpha value is -3.24. The monoisotopic (exact) mass is 577 g/mol. The van der Waals surface area contributed by atoms with Crippen LogP contribution in [0.5, 0.6) is 0 Å². The zero-order valence-corrected chi connectivity index (χ0v) is 26.5. The Kier molecular flexibility index (Phi) is 12.7. The van der Waals surface area contributed by atoms with Gasteiger partial charge in [0.05, 0.1) is 12.6 Å². The second-order valence-electron chi connectivity index (χ2n) is 13.6.